The minimum Gasteiger partial charge on any atom is -0.569 e. The fraction of sp³-hybridized carbons (Fsp3) is 0.294. The normalized spacial score (nSPS) is 13.2. The van der Waals surface area contributed by atoms with Crippen LogP contribution in [0.4, 0.5) is 18.0 Å². The Labute approximate surface area is 301 Å². The number of rotatable bonds is 15. The highest BCUT2D eigenvalue weighted by Crippen LogP contribution is 2.33. The van der Waals surface area contributed by atoms with Crippen LogP contribution in [-0.2, 0) is 25.8 Å². The second-order valence-corrected chi connectivity index (χ2v) is 13.6. The first kappa shape index (κ1) is 38.3. The summed E-state index contributed by atoms with van der Waals surface area (Å²) >= 11 is 0. The molecule has 1 aromatic heterocycles. The average molecular weight is 758 g/mol. The molecule has 3 aromatic carbocycles. The van der Waals surface area contributed by atoms with Gasteiger partial charge >= 0.3 is 12.3 Å². The largest absolute Gasteiger partial charge is 0.569 e. The molecule has 0 fully saturated rings. The zero-order valence-corrected chi connectivity index (χ0v) is 29.3. The Kier molecular flexibility index (Phi) is 11.6. The molecule has 1 N–H and O–H groups in total. The summed E-state index contributed by atoms with van der Waals surface area (Å²) in [5.41, 5.74) is 1.06. The second kappa shape index (κ2) is 16.1. The third-order valence-corrected chi connectivity index (χ3v) is 9.38. The van der Waals surface area contributed by atoms with Crippen molar-refractivity contribution in [1.82, 2.24) is 24.4 Å². The number of imide groups is 1. The molecule has 0 atom stereocenters. The van der Waals surface area contributed by atoms with Gasteiger partial charge in [0, 0.05) is 5.56 Å². The first-order valence-corrected chi connectivity index (χ1v) is 17.6. The van der Waals surface area contributed by atoms with Crippen molar-refractivity contribution in [2.45, 2.75) is 43.7 Å². The summed E-state index contributed by atoms with van der Waals surface area (Å²) in [7, 11) is -2.91. The molecule has 0 spiro atoms. The fourth-order valence-corrected chi connectivity index (χ4v) is 6.10. The van der Waals surface area contributed by atoms with Crippen molar-refractivity contribution in [3.63, 3.8) is 0 Å². The van der Waals surface area contributed by atoms with Crippen LogP contribution in [0.5, 0.6) is 0 Å². The van der Waals surface area contributed by atoms with E-state index in [-0.39, 0.29) is 45.5 Å². The number of ether oxygens (including phenoxy) is 1. The second-order valence-electron chi connectivity index (χ2n) is 11.9. The van der Waals surface area contributed by atoms with Gasteiger partial charge in [-0.05, 0) is 68.7 Å². The van der Waals surface area contributed by atoms with Gasteiger partial charge in [0.1, 0.15) is 0 Å². The highest BCUT2D eigenvalue weighted by atomic mass is 32.2. The Morgan fingerprint density at radius 3 is 2.21 bits per heavy atom. The summed E-state index contributed by atoms with van der Waals surface area (Å²) in [5.74, 6) is -1.09. The lowest BCUT2D eigenvalue weighted by Gasteiger charge is -2.14. The van der Waals surface area contributed by atoms with Crippen molar-refractivity contribution in [2.24, 2.45) is 5.28 Å². The van der Waals surface area contributed by atoms with Crippen LogP contribution in [0.15, 0.2) is 89.0 Å². The molecule has 0 saturated heterocycles. The third kappa shape index (κ3) is 9.28. The monoisotopic (exact) mass is 757 g/mol. The first-order chi connectivity index (χ1) is 25.2. The maximum absolute atomic E-state index is 13.5. The van der Waals surface area contributed by atoms with Crippen molar-refractivity contribution >= 4 is 27.9 Å². The highest BCUT2D eigenvalue weighted by Gasteiger charge is 2.36. The first-order valence-electron chi connectivity index (χ1n) is 16.2. The van der Waals surface area contributed by atoms with Crippen molar-refractivity contribution in [3.8, 4) is 16.9 Å². The van der Waals surface area contributed by atoms with Gasteiger partial charge in [-0.1, -0.05) is 48.4 Å². The lowest BCUT2D eigenvalue weighted by atomic mass is 10.1. The van der Waals surface area contributed by atoms with Crippen molar-refractivity contribution in [2.75, 3.05) is 26.9 Å². The number of amides is 3. The van der Waals surface area contributed by atoms with Crippen molar-refractivity contribution < 1.29 is 50.5 Å². The van der Waals surface area contributed by atoms with Gasteiger partial charge in [-0.2, -0.15) is 18.3 Å². The maximum atomic E-state index is 13.5. The van der Waals surface area contributed by atoms with Gasteiger partial charge < -0.3 is 14.8 Å². The van der Waals surface area contributed by atoms with E-state index < -0.39 is 46.5 Å². The summed E-state index contributed by atoms with van der Waals surface area (Å²) in [4.78, 5) is 42.5. The number of benzene rings is 3. The zero-order chi connectivity index (χ0) is 38.3. The molecule has 280 valence electrons. The van der Waals surface area contributed by atoms with Gasteiger partial charge in [0.15, 0.2) is 5.69 Å². The molecular weight excluding hydrogens is 723 g/mol. The Balaban J connectivity index is 1.02. The summed E-state index contributed by atoms with van der Waals surface area (Å²) in [5, 5.41) is 20.4. The summed E-state index contributed by atoms with van der Waals surface area (Å²) in [6.45, 7) is 1.49. The third-order valence-electron chi connectivity index (χ3n) is 8.05. The number of hydrogen-bond donors (Lipinski definition) is 1. The minimum atomic E-state index is -4.71. The molecule has 19 heteroatoms. The number of alkyl halides is 3. The predicted molar refractivity (Wildman–Crippen MR) is 180 cm³/mol. The van der Waals surface area contributed by atoms with E-state index in [9.17, 15) is 41.2 Å². The van der Waals surface area contributed by atoms with Crippen LogP contribution in [0.25, 0.3) is 16.9 Å². The van der Waals surface area contributed by atoms with Gasteiger partial charge in [0.05, 0.1) is 52.6 Å². The van der Waals surface area contributed by atoms with Gasteiger partial charge in [-0.15, -0.1) is 5.01 Å². The summed E-state index contributed by atoms with van der Waals surface area (Å²) in [6, 6.07) is 18.8. The van der Waals surface area contributed by atoms with E-state index in [4.69, 9.17) is 9.57 Å². The number of hydrazine groups is 1. The molecule has 4 aromatic rings. The fourth-order valence-electron chi connectivity index (χ4n) is 5.21. The van der Waals surface area contributed by atoms with E-state index in [1.165, 1.54) is 36.3 Å². The van der Waals surface area contributed by atoms with Crippen LogP contribution in [0.3, 0.4) is 0 Å². The number of carbonyl (C=O) groups is 3. The zero-order valence-electron chi connectivity index (χ0n) is 28.4. The number of carbonyl (C=O) groups excluding carboxylic acids is 3. The summed E-state index contributed by atoms with van der Waals surface area (Å²) < 4.78 is 74.0. The molecule has 5 rings (SSSR count). The Morgan fingerprint density at radius 2 is 1.58 bits per heavy atom. The van der Waals surface area contributed by atoms with Gasteiger partial charge in [0.25, 0.3) is 21.8 Å². The number of nitrogens with zero attached hydrogens (tertiary/aromatic N) is 6. The van der Waals surface area contributed by atoms with Crippen LogP contribution in [0.2, 0.25) is 0 Å². The Bertz CT molecular complexity index is 2070. The van der Waals surface area contributed by atoms with Gasteiger partial charge in [-0.3, -0.25) is 9.59 Å². The molecule has 53 heavy (non-hydrogen) atoms. The smallest absolute Gasteiger partial charge is 0.435 e. The lowest BCUT2D eigenvalue weighted by molar-refractivity contribution is -0.705. The number of fused-ring (bicyclic) bond motifs is 1. The molecule has 0 bridgehead atoms. The lowest BCUT2D eigenvalue weighted by Crippen LogP contribution is -2.32. The van der Waals surface area contributed by atoms with E-state index in [1.807, 2.05) is 6.92 Å². The van der Waals surface area contributed by atoms with E-state index in [0.29, 0.717) is 31.2 Å². The molecule has 1 aliphatic rings. The molecule has 3 amide bonds. The van der Waals surface area contributed by atoms with Crippen LogP contribution >= 0.6 is 0 Å². The van der Waals surface area contributed by atoms with Crippen molar-refractivity contribution in [1.29, 1.82) is 0 Å². The standard InChI is InChI=1S/C34H34F3N7O8S/c1-23-11-13-24(14-12-23)29-21-30(34(35,36)37)38-43(29)25-15-17-26(18-16-25)53(49,50)39-33(47)51-20-8-4-3-7-19-41(2)44(48)40-52-22-42-31(45)27-9-5-6-10-28(27)32(42)46/h5-6,9-18,21H,3-4,7-8,19-20,22H2,1-2H3,(H,39,47). The highest BCUT2D eigenvalue weighted by molar-refractivity contribution is 7.90. The van der Waals surface area contributed by atoms with Gasteiger partial charge in [-0.25, -0.2) is 27.5 Å². The number of aryl methyl sites for hydroxylation is 1. The average Bonchev–Trinajstić information content (AvgIpc) is 3.68. The van der Waals surface area contributed by atoms with Crippen LogP contribution < -0.4 is 4.72 Å². The summed E-state index contributed by atoms with van der Waals surface area (Å²) in [6.07, 6.45) is -3.77. The number of nitrogens with one attached hydrogen (secondary N) is 1. The Morgan fingerprint density at radius 1 is 0.962 bits per heavy atom. The predicted octanol–water partition coefficient (Wildman–Crippen LogP) is 5.84. The molecular formula is C34H34F3N7O8S. The number of hydrogen-bond acceptors (Lipinski definition) is 10. The SMILES string of the molecule is Cc1ccc(-c2cc(C(F)(F)F)nn2-c2ccc(S(=O)(=O)NC(=O)OCCCCCCN(C)[N+]([O-])=NOCN3C(=O)c4ccccc4C3=O)cc2)cc1. The van der Waals surface area contributed by atoms with Crippen LogP contribution in [0, 0.1) is 12.1 Å². The molecule has 0 radical (unpaired) electrons. The van der Waals surface area contributed by atoms with E-state index in [1.54, 1.807) is 41.1 Å². The molecule has 0 unspecified atom stereocenters. The number of sulfonamides is 1. The van der Waals surface area contributed by atoms with E-state index in [2.05, 4.69) is 10.4 Å². The van der Waals surface area contributed by atoms with Crippen molar-refractivity contribution in [3.05, 3.63) is 106 Å². The van der Waals surface area contributed by atoms with Gasteiger partial charge in [0.2, 0.25) is 12.0 Å². The Hall–Kier alpha value is -5.98. The van der Waals surface area contributed by atoms with Crippen LogP contribution in [-0.4, -0.2) is 77.9 Å². The number of halogens is 3. The maximum Gasteiger partial charge on any atom is 0.435 e. The molecule has 0 aliphatic carbocycles. The number of aromatic nitrogens is 2. The molecule has 2 heterocycles. The molecule has 0 saturated carbocycles. The quantitative estimate of drug-likeness (QED) is 0.0510. The van der Waals surface area contributed by atoms with E-state index >= 15 is 0 Å². The number of unbranched alkanes of at least 4 members (excludes halogenated alkanes) is 3. The van der Waals surface area contributed by atoms with E-state index in [0.717, 1.165) is 33.3 Å². The van der Waals surface area contributed by atoms with Crippen LogP contribution in [0.1, 0.15) is 57.7 Å². The minimum absolute atomic E-state index is 0.0899. The molecule has 15 nitrogen and oxygen atoms in total. The topological polar surface area (TPSA) is 179 Å². The molecule has 1 aliphatic heterocycles.